The lowest BCUT2D eigenvalue weighted by molar-refractivity contribution is -0.307. The minimum Gasteiger partial charge on any atom is -0.307 e. The van der Waals surface area contributed by atoms with Crippen molar-refractivity contribution in [2.24, 2.45) is 29.1 Å². The molecule has 0 aromatic heterocycles. The molecule has 0 aromatic carbocycles. The smallest absolute Gasteiger partial charge is 0.0949 e. The highest BCUT2D eigenvalue weighted by atomic mass is 17.2. The number of allylic oxidation sites excluding steroid dienone is 4. The fourth-order valence-corrected chi connectivity index (χ4v) is 8.53. The summed E-state index contributed by atoms with van der Waals surface area (Å²) in [6, 6.07) is 0. The quantitative estimate of drug-likeness (QED) is 0.0321. The summed E-state index contributed by atoms with van der Waals surface area (Å²) in [5.41, 5.74) is 0.176. The SMILES string of the molecule is CCCCCCC1C=C[C@]2(CCCCCCC2COOCCN(C)C)C(/C=C\CCCCCCCCOOCCN(C)C)C1CCCCCC. The van der Waals surface area contributed by atoms with Crippen LogP contribution in [0.4, 0.5) is 0 Å². The summed E-state index contributed by atoms with van der Waals surface area (Å²) in [6.45, 7) is 9.17. The van der Waals surface area contributed by atoms with E-state index in [9.17, 15) is 0 Å². The van der Waals surface area contributed by atoms with E-state index in [-0.39, 0.29) is 5.41 Å². The lowest BCUT2D eigenvalue weighted by Crippen LogP contribution is -2.46. The summed E-state index contributed by atoms with van der Waals surface area (Å²) in [5.74, 6) is 2.55. The summed E-state index contributed by atoms with van der Waals surface area (Å²) in [4.78, 5) is 26.8. The van der Waals surface area contributed by atoms with E-state index < -0.39 is 0 Å². The number of hydrogen-bond acceptors (Lipinski definition) is 6. The Balaban J connectivity index is 2.11. The average molecular weight is 705 g/mol. The fraction of sp³-hybridized carbons (Fsp3) is 0.909. The van der Waals surface area contributed by atoms with Gasteiger partial charge in [0.15, 0.2) is 0 Å². The molecule has 2 aliphatic rings. The Bertz CT molecular complexity index is 833. The van der Waals surface area contributed by atoms with Crippen LogP contribution in [0, 0.1) is 29.1 Å². The van der Waals surface area contributed by atoms with Gasteiger partial charge in [0.2, 0.25) is 0 Å². The van der Waals surface area contributed by atoms with Crippen LogP contribution < -0.4 is 0 Å². The summed E-state index contributed by atoms with van der Waals surface area (Å²) in [6.07, 6.45) is 41.1. The first-order valence-corrected chi connectivity index (χ1v) is 21.6. The Hall–Kier alpha value is -0.760. The molecule has 0 bridgehead atoms. The number of hydrogen-bond donors (Lipinski definition) is 0. The van der Waals surface area contributed by atoms with Crippen LogP contribution in [0.1, 0.15) is 162 Å². The molecule has 50 heavy (non-hydrogen) atoms. The van der Waals surface area contributed by atoms with Gasteiger partial charge in [0.25, 0.3) is 0 Å². The molecule has 0 radical (unpaired) electrons. The normalized spacial score (nSPS) is 24.6. The van der Waals surface area contributed by atoms with Crippen LogP contribution >= 0.6 is 0 Å². The van der Waals surface area contributed by atoms with Crippen molar-refractivity contribution in [2.45, 2.75) is 162 Å². The van der Waals surface area contributed by atoms with Crippen LogP contribution in [0.15, 0.2) is 24.3 Å². The topological polar surface area (TPSA) is 43.4 Å². The van der Waals surface area contributed by atoms with Crippen LogP contribution in [-0.2, 0) is 19.6 Å². The molecular formula is C44H84N2O4. The molecule has 294 valence electrons. The van der Waals surface area contributed by atoms with Crippen LogP contribution in [-0.4, -0.2) is 77.5 Å². The Morgan fingerprint density at radius 3 is 1.94 bits per heavy atom. The standard InChI is InChI=1S/C44H84N2O4/c1-7-9-11-21-27-40-31-33-44(32-25-19-18-22-28-41(44)39-50-49-38-35-46(5)6)43(42(40)29-23-12-10-8-2)30-24-17-15-13-14-16-20-26-36-47-48-37-34-45(3)4/h24,30-31,33,40-43H,7-23,25-29,32,34-39H2,1-6H3/b30-24-/t40?,41?,42?,43?,44-/m0/s1. The van der Waals surface area contributed by atoms with E-state index in [2.05, 4.69) is 76.1 Å². The van der Waals surface area contributed by atoms with Crippen molar-refractivity contribution >= 4 is 0 Å². The van der Waals surface area contributed by atoms with Crippen molar-refractivity contribution in [3.05, 3.63) is 24.3 Å². The molecule has 0 amide bonds. The molecule has 1 saturated carbocycles. The third-order valence-electron chi connectivity index (χ3n) is 11.6. The lowest BCUT2D eigenvalue weighted by atomic mass is 9.53. The average Bonchev–Trinajstić information content (AvgIpc) is 3.08. The molecule has 2 rings (SSSR count). The predicted octanol–water partition coefficient (Wildman–Crippen LogP) is 11.6. The summed E-state index contributed by atoms with van der Waals surface area (Å²) >= 11 is 0. The molecule has 0 saturated heterocycles. The Labute approximate surface area is 311 Å². The predicted molar refractivity (Wildman–Crippen MR) is 213 cm³/mol. The van der Waals surface area contributed by atoms with Gasteiger partial charge in [-0.25, -0.2) is 19.6 Å². The minimum atomic E-state index is 0.176. The number of likely N-dealkylation sites (N-methyl/N-ethyl adjacent to an activating group) is 2. The van der Waals surface area contributed by atoms with Crippen LogP contribution in [0.25, 0.3) is 0 Å². The van der Waals surface area contributed by atoms with Crippen molar-refractivity contribution in [3.63, 3.8) is 0 Å². The van der Waals surface area contributed by atoms with Gasteiger partial charge >= 0.3 is 0 Å². The van der Waals surface area contributed by atoms with Gasteiger partial charge in [-0.1, -0.05) is 141 Å². The second-order valence-electron chi connectivity index (χ2n) is 16.4. The zero-order valence-corrected chi connectivity index (χ0v) is 34.2. The fourth-order valence-electron chi connectivity index (χ4n) is 8.53. The third-order valence-corrected chi connectivity index (χ3v) is 11.6. The van der Waals surface area contributed by atoms with Gasteiger partial charge < -0.3 is 9.80 Å². The van der Waals surface area contributed by atoms with Gasteiger partial charge in [-0.3, -0.25) is 0 Å². The molecule has 5 atom stereocenters. The first-order valence-electron chi connectivity index (χ1n) is 21.6. The largest absolute Gasteiger partial charge is 0.307 e. The number of unbranched alkanes of at least 4 members (excludes halogenated alkanes) is 12. The highest BCUT2D eigenvalue weighted by Gasteiger charge is 2.49. The van der Waals surface area contributed by atoms with E-state index in [0.717, 1.165) is 32.0 Å². The van der Waals surface area contributed by atoms with Gasteiger partial charge in [-0.15, -0.1) is 0 Å². The maximum absolute atomic E-state index is 6.09. The highest BCUT2D eigenvalue weighted by molar-refractivity contribution is 5.19. The van der Waals surface area contributed by atoms with E-state index in [1.54, 1.807) is 0 Å². The summed E-state index contributed by atoms with van der Waals surface area (Å²) in [5, 5.41) is 0. The first kappa shape index (κ1) is 45.4. The van der Waals surface area contributed by atoms with Crippen LogP contribution in [0.2, 0.25) is 0 Å². The highest BCUT2D eigenvalue weighted by Crippen LogP contribution is 2.55. The molecule has 0 aliphatic heterocycles. The van der Waals surface area contributed by atoms with Gasteiger partial charge in [-0.2, -0.15) is 0 Å². The monoisotopic (exact) mass is 705 g/mol. The molecule has 0 N–H and O–H groups in total. The molecule has 1 spiro atoms. The molecule has 1 fully saturated rings. The second kappa shape index (κ2) is 29.7. The first-order chi connectivity index (χ1) is 24.4. The van der Waals surface area contributed by atoms with Crippen molar-refractivity contribution in [1.82, 2.24) is 9.80 Å². The minimum absolute atomic E-state index is 0.176. The maximum Gasteiger partial charge on any atom is 0.0949 e. The Morgan fingerprint density at radius 1 is 0.640 bits per heavy atom. The summed E-state index contributed by atoms with van der Waals surface area (Å²) < 4.78 is 0. The van der Waals surface area contributed by atoms with E-state index in [1.807, 2.05) is 0 Å². The zero-order valence-electron chi connectivity index (χ0n) is 34.2. The molecule has 0 aromatic rings. The van der Waals surface area contributed by atoms with Gasteiger partial charge in [0.05, 0.1) is 26.4 Å². The second-order valence-corrected chi connectivity index (χ2v) is 16.4. The molecule has 6 heteroatoms. The van der Waals surface area contributed by atoms with E-state index >= 15 is 0 Å². The lowest BCUT2D eigenvalue weighted by Gasteiger charge is -2.52. The molecule has 6 nitrogen and oxygen atoms in total. The molecule has 2 aliphatic carbocycles. The molecule has 0 heterocycles. The van der Waals surface area contributed by atoms with E-state index in [4.69, 9.17) is 19.6 Å². The van der Waals surface area contributed by atoms with Gasteiger partial charge in [-0.05, 0) is 102 Å². The van der Waals surface area contributed by atoms with Crippen LogP contribution in [0.5, 0.6) is 0 Å². The molecular weight excluding hydrogens is 620 g/mol. The van der Waals surface area contributed by atoms with Crippen molar-refractivity contribution in [3.8, 4) is 0 Å². The Kier molecular flexibility index (Phi) is 26.9. The third kappa shape index (κ3) is 19.4. The van der Waals surface area contributed by atoms with Crippen molar-refractivity contribution in [2.75, 3.05) is 67.7 Å². The number of nitrogens with zero attached hydrogens (tertiary/aromatic N) is 2. The Morgan fingerprint density at radius 2 is 1.24 bits per heavy atom. The van der Waals surface area contributed by atoms with E-state index in [1.165, 1.54) is 141 Å². The summed E-state index contributed by atoms with van der Waals surface area (Å²) in [7, 11) is 8.30. The van der Waals surface area contributed by atoms with Crippen molar-refractivity contribution < 1.29 is 19.6 Å². The van der Waals surface area contributed by atoms with Crippen molar-refractivity contribution in [1.29, 1.82) is 0 Å². The van der Waals surface area contributed by atoms with E-state index in [0.29, 0.717) is 37.6 Å². The maximum atomic E-state index is 6.09. The van der Waals surface area contributed by atoms with Crippen LogP contribution in [0.3, 0.4) is 0 Å². The zero-order chi connectivity index (χ0) is 36.1. The van der Waals surface area contributed by atoms with Gasteiger partial charge in [0.1, 0.15) is 0 Å². The van der Waals surface area contributed by atoms with Gasteiger partial charge in [0, 0.05) is 13.1 Å². The molecule has 4 unspecified atom stereocenters. The number of rotatable bonds is 30.